The van der Waals surface area contributed by atoms with Crippen LogP contribution in [0, 0.1) is 6.92 Å². The molecule has 2 aromatic rings. The third-order valence-electron chi connectivity index (χ3n) is 2.39. The van der Waals surface area contributed by atoms with E-state index in [9.17, 15) is 8.78 Å². The number of hydrogen-bond acceptors (Lipinski definition) is 4. The number of benzene rings is 1. The molecule has 2 rings (SSSR count). The van der Waals surface area contributed by atoms with Gasteiger partial charge in [0, 0.05) is 16.8 Å². The normalized spacial score (nSPS) is 10.7. The molecule has 6 heteroatoms. The summed E-state index contributed by atoms with van der Waals surface area (Å²) in [5.74, 6) is -1.66. The number of aryl methyl sites for hydroxylation is 1. The zero-order valence-corrected chi connectivity index (χ0v) is 11.1. The summed E-state index contributed by atoms with van der Waals surface area (Å²) in [6.07, 6.45) is 1.71. The Kier molecular flexibility index (Phi) is 4.68. The van der Waals surface area contributed by atoms with Crippen molar-refractivity contribution in [3.05, 3.63) is 48.0 Å². The largest absolute Gasteiger partial charge is 0.379 e. The number of nitrogens with zero attached hydrogens (tertiary/aromatic N) is 2. The van der Waals surface area contributed by atoms with Gasteiger partial charge in [0.1, 0.15) is 5.82 Å². The number of hydrogen-bond donors (Lipinski definition) is 1. The highest BCUT2D eigenvalue weighted by Crippen LogP contribution is 2.26. The van der Waals surface area contributed by atoms with Crippen molar-refractivity contribution in [2.75, 3.05) is 5.32 Å². The summed E-state index contributed by atoms with van der Waals surface area (Å²) in [5.41, 5.74) is 1.76. The minimum atomic E-state index is -2.39. The van der Waals surface area contributed by atoms with Crippen LogP contribution in [-0.2, 0) is 6.54 Å². The molecule has 0 aliphatic carbocycles. The number of anilines is 1. The third kappa shape index (κ3) is 4.48. The monoisotopic (exact) mass is 281 g/mol. The molecule has 100 valence electrons. The molecule has 1 aromatic heterocycles. The molecule has 0 aliphatic heterocycles. The molecule has 0 saturated heterocycles. The van der Waals surface area contributed by atoms with Gasteiger partial charge in [0.15, 0.2) is 0 Å². The van der Waals surface area contributed by atoms with Crippen molar-refractivity contribution < 1.29 is 8.78 Å². The number of rotatable bonds is 5. The average molecular weight is 281 g/mol. The Morgan fingerprint density at radius 1 is 1.21 bits per heavy atom. The van der Waals surface area contributed by atoms with Crippen LogP contribution in [0.3, 0.4) is 0 Å². The van der Waals surface area contributed by atoms with Crippen molar-refractivity contribution in [3.63, 3.8) is 0 Å². The van der Waals surface area contributed by atoms with Crippen LogP contribution < -0.4 is 5.32 Å². The fraction of sp³-hybridized carbons (Fsp3) is 0.231. The van der Waals surface area contributed by atoms with Crippen LogP contribution in [0.25, 0.3) is 0 Å². The molecule has 0 aliphatic rings. The maximum atomic E-state index is 12.2. The Morgan fingerprint density at radius 3 is 2.58 bits per heavy atom. The van der Waals surface area contributed by atoms with Crippen molar-refractivity contribution in [3.8, 4) is 0 Å². The van der Waals surface area contributed by atoms with Crippen LogP contribution >= 0.6 is 11.8 Å². The van der Waals surface area contributed by atoms with Crippen molar-refractivity contribution in [2.45, 2.75) is 24.1 Å². The first-order valence-electron chi connectivity index (χ1n) is 5.71. The molecule has 0 bridgehead atoms. The minimum absolute atomic E-state index is 0.542. The third-order valence-corrected chi connectivity index (χ3v) is 3.11. The van der Waals surface area contributed by atoms with Gasteiger partial charge in [-0.25, -0.2) is 9.97 Å². The molecule has 0 unspecified atom stereocenters. The molecule has 1 aromatic carbocycles. The van der Waals surface area contributed by atoms with E-state index in [0.717, 1.165) is 17.2 Å². The van der Waals surface area contributed by atoms with Crippen molar-refractivity contribution in [2.24, 2.45) is 0 Å². The van der Waals surface area contributed by atoms with Crippen LogP contribution in [-0.4, -0.2) is 15.7 Å². The Morgan fingerprint density at radius 2 is 1.95 bits per heavy atom. The van der Waals surface area contributed by atoms with Gasteiger partial charge in [0.2, 0.25) is 0 Å². The molecule has 3 nitrogen and oxygen atoms in total. The highest BCUT2D eigenvalue weighted by Gasteiger charge is 2.04. The number of thioether (sulfide) groups is 1. The van der Waals surface area contributed by atoms with Gasteiger partial charge in [-0.2, -0.15) is 8.78 Å². The Labute approximate surface area is 114 Å². The highest BCUT2D eigenvalue weighted by atomic mass is 32.2. The Hall–Kier alpha value is -1.69. The van der Waals surface area contributed by atoms with E-state index in [1.54, 1.807) is 30.5 Å². The summed E-state index contributed by atoms with van der Waals surface area (Å²) in [5, 5.41) is 3.18. The first-order chi connectivity index (χ1) is 9.13. The van der Waals surface area contributed by atoms with E-state index < -0.39 is 5.76 Å². The molecular formula is C13H13F2N3S. The Bertz CT molecular complexity index is 532. The summed E-state index contributed by atoms with van der Waals surface area (Å²) in [6, 6.07) is 8.73. The zero-order chi connectivity index (χ0) is 13.7. The second-order valence-corrected chi connectivity index (χ2v) is 4.92. The van der Waals surface area contributed by atoms with Gasteiger partial charge in [0.05, 0.1) is 12.2 Å². The summed E-state index contributed by atoms with van der Waals surface area (Å²) < 4.78 is 24.3. The summed E-state index contributed by atoms with van der Waals surface area (Å²) in [7, 11) is 0. The van der Waals surface area contributed by atoms with Gasteiger partial charge in [-0.15, -0.1) is 0 Å². The first-order valence-corrected chi connectivity index (χ1v) is 6.59. The number of halogens is 2. The van der Waals surface area contributed by atoms with Gasteiger partial charge in [-0.3, -0.25) is 0 Å². The molecule has 1 heterocycles. The molecule has 0 spiro atoms. The van der Waals surface area contributed by atoms with Crippen LogP contribution in [0.2, 0.25) is 0 Å². The molecule has 0 fully saturated rings. The maximum Gasteiger partial charge on any atom is 0.288 e. The first kappa shape index (κ1) is 13.7. The summed E-state index contributed by atoms with van der Waals surface area (Å²) >= 11 is 0.542. The molecule has 0 radical (unpaired) electrons. The number of nitrogens with one attached hydrogen (secondary N) is 1. The second-order valence-electron chi connectivity index (χ2n) is 3.85. The predicted octanol–water partition coefficient (Wildman–Crippen LogP) is 3.71. The molecule has 19 heavy (non-hydrogen) atoms. The molecule has 0 atom stereocenters. The topological polar surface area (TPSA) is 37.8 Å². The van der Waals surface area contributed by atoms with E-state index in [1.807, 2.05) is 13.0 Å². The van der Waals surface area contributed by atoms with Gasteiger partial charge >= 0.3 is 0 Å². The SMILES string of the molecule is Cc1nccc(CNc2ccc(SC(F)F)cc2)n1. The van der Waals surface area contributed by atoms with Crippen LogP contribution in [0.5, 0.6) is 0 Å². The molecular weight excluding hydrogens is 268 g/mol. The van der Waals surface area contributed by atoms with E-state index >= 15 is 0 Å². The molecule has 0 saturated carbocycles. The smallest absolute Gasteiger partial charge is 0.288 e. The summed E-state index contributed by atoms with van der Waals surface area (Å²) in [6.45, 7) is 2.41. The van der Waals surface area contributed by atoms with Crippen LogP contribution in [0.15, 0.2) is 41.4 Å². The fourth-order valence-electron chi connectivity index (χ4n) is 1.55. The van der Waals surface area contributed by atoms with Gasteiger partial charge in [-0.05, 0) is 37.3 Å². The standard InChI is InChI=1S/C13H13F2N3S/c1-9-16-7-6-11(18-9)8-17-10-2-4-12(5-3-10)19-13(14)15/h2-7,13,17H,8H2,1H3. The lowest BCUT2D eigenvalue weighted by Gasteiger charge is -2.07. The van der Waals surface area contributed by atoms with Crippen molar-refractivity contribution in [1.29, 1.82) is 0 Å². The van der Waals surface area contributed by atoms with E-state index in [0.29, 0.717) is 23.2 Å². The summed E-state index contributed by atoms with van der Waals surface area (Å²) in [4.78, 5) is 8.84. The predicted molar refractivity (Wildman–Crippen MR) is 72.4 cm³/mol. The lowest BCUT2D eigenvalue weighted by molar-refractivity contribution is 0.252. The van der Waals surface area contributed by atoms with Gasteiger partial charge in [-0.1, -0.05) is 11.8 Å². The van der Waals surface area contributed by atoms with Gasteiger partial charge < -0.3 is 5.32 Å². The fourth-order valence-corrected chi connectivity index (χ4v) is 2.05. The average Bonchev–Trinajstić information content (AvgIpc) is 2.37. The van der Waals surface area contributed by atoms with E-state index in [1.165, 1.54) is 0 Å². The van der Waals surface area contributed by atoms with Gasteiger partial charge in [0.25, 0.3) is 5.76 Å². The van der Waals surface area contributed by atoms with Crippen molar-refractivity contribution >= 4 is 17.4 Å². The number of aromatic nitrogens is 2. The van der Waals surface area contributed by atoms with E-state index in [4.69, 9.17) is 0 Å². The lowest BCUT2D eigenvalue weighted by atomic mass is 10.3. The minimum Gasteiger partial charge on any atom is -0.379 e. The maximum absolute atomic E-state index is 12.2. The van der Waals surface area contributed by atoms with Crippen LogP contribution in [0.1, 0.15) is 11.5 Å². The van der Waals surface area contributed by atoms with Crippen LogP contribution in [0.4, 0.5) is 14.5 Å². The van der Waals surface area contributed by atoms with Crippen molar-refractivity contribution in [1.82, 2.24) is 9.97 Å². The highest BCUT2D eigenvalue weighted by molar-refractivity contribution is 7.99. The number of alkyl halides is 2. The molecule has 1 N–H and O–H groups in total. The quantitative estimate of drug-likeness (QED) is 0.848. The second kappa shape index (κ2) is 6.47. The lowest BCUT2D eigenvalue weighted by Crippen LogP contribution is -2.03. The Balaban J connectivity index is 1.93. The van der Waals surface area contributed by atoms with E-state index in [-0.39, 0.29) is 0 Å². The van der Waals surface area contributed by atoms with E-state index in [2.05, 4.69) is 15.3 Å². The molecule has 0 amide bonds. The zero-order valence-electron chi connectivity index (χ0n) is 10.3.